The van der Waals surface area contributed by atoms with Crippen LogP contribution in [0.3, 0.4) is 0 Å². The van der Waals surface area contributed by atoms with E-state index in [4.69, 9.17) is 4.55 Å². The maximum Gasteiger partial charge on any atom is 1.00 e. The van der Waals surface area contributed by atoms with Crippen molar-refractivity contribution < 1.29 is 44.0 Å². The van der Waals surface area contributed by atoms with Crippen LogP contribution >= 0.6 is 0 Å². The van der Waals surface area contributed by atoms with Crippen molar-refractivity contribution >= 4 is 21.2 Å². The van der Waals surface area contributed by atoms with E-state index in [0.717, 1.165) is 24.2 Å². The van der Waals surface area contributed by atoms with E-state index in [1.807, 2.05) is 0 Å². The summed E-state index contributed by atoms with van der Waals surface area (Å²) in [5, 5.41) is 0. The minimum absolute atomic E-state index is 0. The fourth-order valence-corrected chi connectivity index (χ4v) is 4.49. The molecule has 2 rings (SSSR count). The molecule has 0 radical (unpaired) electrons. The van der Waals surface area contributed by atoms with Gasteiger partial charge >= 0.3 is 29.6 Å². The number of unbranched alkanes of at least 4 members (excludes halogenated alkanes) is 14. The maximum atomic E-state index is 11.2. The summed E-state index contributed by atoms with van der Waals surface area (Å²) in [6.07, 6.45) is 21.1. The summed E-state index contributed by atoms with van der Waals surface area (Å²) in [7, 11) is -4.18. The van der Waals surface area contributed by atoms with Crippen LogP contribution in [0, 0.1) is 0 Å². The number of hydrogen-bond acceptors (Lipinski definition) is 3. The van der Waals surface area contributed by atoms with Crippen LogP contribution in [-0.2, 0) is 16.5 Å². The van der Waals surface area contributed by atoms with Crippen LogP contribution in [0.2, 0.25) is 0 Å². The van der Waals surface area contributed by atoms with E-state index in [1.165, 1.54) is 102 Å². The van der Waals surface area contributed by atoms with Crippen LogP contribution in [0.15, 0.2) is 23.1 Å². The van der Waals surface area contributed by atoms with Gasteiger partial charge in [-0.15, -0.1) is 0 Å². The molecule has 0 spiro atoms. The van der Waals surface area contributed by atoms with Gasteiger partial charge in [0.15, 0.2) is 0 Å². The van der Waals surface area contributed by atoms with Gasteiger partial charge < -0.3 is 6.41 Å². The molecule has 0 atom stereocenters. The van der Waals surface area contributed by atoms with E-state index in [0.29, 0.717) is 5.52 Å². The number of imidazole rings is 1. The molecule has 7 heteroatoms. The number of nitrogens with zero attached hydrogens (tertiary/aromatic N) is 1. The Bertz CT molecular complexity index is 843. The number of hydrogen-bond donors (Lipinski definition) is 2. The van der Waals surface area contributed by atoms with Gasteiger partial charge in [0.25, 0.3) is 10.1 Å². The van der Waals surface area contributed by atoms with Crippen molar-refractivity contribution in [1.82, 2.24) is 9.97 Å². The molecule has 172 valence electrons. The second-order valence-electron chi connectivity index (χ2n) is 8.54. The van der Waals surface area contributed by atoms with Gasteiger partial charge in [-0.05, 0) is 24.6 Å². The first-order valence-corrected chi connectivity index (χ1v) is 13.4. The number of aryl methyl sites for hydroxylation is 1. The van der Waals surface area contributed by atoms with Crippen molar-refractivity contribution in [2.24, 2.45) is 0 Å². The molecule has 0 aliphatic heterocycles. The molecule has 0 fully saturated rings. The Morgan fingerprint density at radius 3 is 1.81 bits per heavy atom. The second-order valence-corrected chi connectivity index (χ2v) is 9.96. The number of aromatic nitrogens is 2. The van der Waals surface area contributed by atoms with Gasteiger partial charge in [-0.25, -0.2) is 4.98 Å². The van der Waals surface area contributed by atoms with Crippen molar-refractivity contribution in [2.45, 2.75) is 115 Å². The maximum absolute atomic E-state index is 11.2. The molecule has 1 aromatic heterocycles. The predicted octanol–water partition coefficient (Wildman–Crippen LogP) is 4.34. The second kappa shape index (κ2) is 16.2. The molecule has 1 aromatic carbocycles. The first-order valence-electron chi connectivity index (χ1n) is 12.0. The first kappa shape index (κ1) is 28.6. The zero-order valence-electron chi connectivity index (χ0n) is 20.7. The molecule has 1 heterocycles. The third kappa shape index (κ3) is 11.9. The van der Waals surface area contributed by atoms with Gasteiger partial charge in [0.05, 0.1) is 15.9 Å². The Balaban J connectivity index is 0.00000480. The van der Waals surface area contributed by atoms with Crippen LogP contribution in [0.1, 0.15) is 110 Å². The summed E-state index contributed by atoms with van der Waals surface area (Å²) in [6, 6.07) is 4.45. The normalized spacial score (nSPS) is 11.7. The molecule has 0 bridgehead atoms. The molecule has 0 saturated carbocycles. The quantitative estimate of drug-likeness (QED) is 0.209. The molecule has 31 heavy (non-hydrogen) atoms. The molecular formula is C24H41N2NaO3S. The molecule has 2 aromatic rings. The fraction of sp³-hybridized carbons (Fsp3) is 0.708. The van der Waals surface area contributed by atoms with Gasteiger partial charge in [-0.3, -0.25) is 4.55 Å². The Morgan fingerprint density at radius 2 is 1.32 bits per heavy atom. The average Bonchev–Trinajstić information content (AvgIpc) is 3.12. The molecule has 0 amide bonds. The van der Waals surface area contributed by atoms with E-state index in [1.54, 1.807) is 6.07 Å². The summed E-state index contributed by atoms with van der Waals surface area (Å²) < 4.78 is 31.6. The Kier molecular flexibility index (Phi) is 15.0. The van der Waals surface area contributed by atoms with Crippen LogP contribution in [0.4, 0.5) is 0 Å². The monoisotopic (exact) mass is 460 g/mol. The van der Waals surface area contributed by atoms with Crippen molar-refractivity contribution in [1.29, 1.82) is 0 Å². The van der Waals surface area contributed by atoms with Crippen LogP contribution in [0.5, 0.6) is 0 Å². The minimum Gasteiger partial charge on any atom is -1.00 e. The molecule has 0 aliphatic carbocycles. The molecular weight excluding hydrogens is 419 g/mol. The number of benzene rings is 1. The van der Waals surface area contributed by atoms with Crippen molar-refractivity contribution in [3.05, 3.63) is 24.0 Å². The van der Waals surface area contributed by atoms with E-state index in [2.05, 4.69) is 16.9 Å². The smallest absolute Gasteiger partial charge is 1.00 e. The average molecular weight is 461 g/mol. The molecule has 2 N–H and O–H groups in total. The predicted molar refractivity (Wildman–Crippen MR) is 126 cm³/mol. The zero-order valence-corrected chi connectivity index (χ0v) is 22.5. The zero-order chi connectivity index (χ0) is 21.7. The van der Waals surface area contributed by atoms with E-state index < -0.39 is 10.1 Å². The van der Waals surface area contributed by atoms with Gasteiger partial charge in [0, 0.05) is 6.42 Å². The van der Waals surface area contributed by atoms with Crippen LogP contribution in [0.25, 0.3) is 11.0 Å². The van der Waals surface area contributed by atoms with Gasteiger partial charge in [-0.1, -0.05) is 96.8 Å². The molecule has 0 unspecified atom stereocenters. The Morgan fingerprint density at radius 1 is 0.839 bits per heavy atom. The van der Waals surface area contributed by atoms with Gasteiger partial charge in [0.1, 0.15) is 5.82 Å². The van der Waals surface area contributed by atoms with E-state index >= 15 is 0 Å². The number of rotatable bonds is 17. The van der Waals surface area contributed by atoms with Gasteiger partial charge in [0.2, 0.25) is 0 Å². The topological polar surface area (TPSA) is 83.1 Å². The summed E-state index contributed by atoms with van der Waals surface area (Å²) in [5.41, 5.74) is 1.39. The standard InChI is InChI=1S/C24H40N2O3S.Na.H/c1-2-3-4-5-6-7-8-9-10-11-12-13-14-15-16-17-24-25-22-19-18-21(30(27,28)29)20-23(22)26-24;;/h18-20H,2-17H2,1H3,(H,25,26)(H,27,28,29);;/q;+1;-1. The van der Waals surface area contributed by atoms with E-state index in [-0.39, 0.29) is 35.9 Å². The third-order valence-corrected chi connectivity index (χ3v) is 6.67. The SMILES string of the molecule is CCCCCCCCCCCCCCCCCc1nc2ccc(S(=O)(=O)O)cc2[nH]1.[H-].[Na+]. The molecule has 0 aliphatic rings. The number of fused-ring (bicyclic) bond motifs is 1. The minimum atomic E-state index is -4.18. The Labute approximate surface area is 212 Å². The number of nitrogens with one attached hydrogen (secondary N) is 1. The summed E-state index contributed by atoms with van der Waals surface area (Å²) in [4.78, 5) is 7.58. The summed E-state index contributed by atoms with van der Waals surface area (Å²) in [6.45, 7) is 2.27. The van der Waals surface area contributed by atoms with E-state index in [9.17, 15) is 8.42 Å². The number of aromatic amines is 1. The third-order valence-electron chi connectivity index (χ3n) is 5.82. The summed E-state index contributed by atoms with van der Waals surface area (Å²) in [5.74, 6) is 0.882. The first-order chi connectivity index (χ1) is 14.5. The van der Waals surface area contributed by atoms with Crippen molar-refractivity contribution in [3.8, 4) is 0 Å². The van der Waals surface area contributed by atoms with Crippen LogP contribution in [-0.4, -0.2) is 22.9 Å². The summed E-state index contributed by atoms with van der Waals surface area (Å²) >= 11 is 0. The van der Waals surface area contributed by atoms with Crippen molar-refractivity contribution in [2.75, 3.05) is 0 Å². The largest absolute Gasteiger partial charge is 1.00 e. The molecule has 0 saturated heterocycles. The van der Waals surface area contributed by atoms with Crippen molar-refractivity contribution in [3.63, 3.8) is 0 Å². The Hall–Kier alpha value is -0.400. The van der Waals surface area contributed by atoms with Crippen LogP contribution < -0.4 is 29.6 Å². The number of H-pyrrole nitrogens is 1. The fourth-order valence-electron chi connectivity index (χ4n) is 3.98. The van der Waals surface area contributed by atoms with Gasteiger partial charge in [-0.2, -0.15) is 8.42 Å². The molecule has 5 nitrogen and oxygen atoms in total.